The maximum Gasteiger partial charge on any atom is 0.152 e. The average Bonchev–Trinajstić information content (AvgIpc) is 2.98. The van der Waals surface area contributed by atoms with Crippen LogP contribution in [0.15, 0.2) is 18.2 Å². The van der Waals surface area contributed by atoms with E-state index < -0.39 is 9.84 Å². The van der Waals surface area contributed by atoms with Gasteiger partial charge in [0.2, 0.25) is 0 Å². The molecule has 1 saturated heterocycles. The quantitative estimate of drug-likeness (QED) is 0.810. The van der Waals surface area contributed by atoms with E-state index in [4.69, 9.17) is 11.6 Å². The summed E-state index contributed by atoms with van der Waals surface area (Å²) in [5.41, 5.74) is 1.95. The number of imidazole rings is 1. The molecule has 0 saturated carbocycles. The zero-order valence-electron chi connectivity index (χ0n) is 11.3. The van der Waals surface area contributed by atoms with Crippen LogP contribution in [0.25, 0.3) is 11.0 Å². The van der Waals surface area contributed by atoms with Crippen molar-refractivity contribution in [2.75, 3.05) is 17.4 Å². The van der Waals surface area contributed by atoms with Gasteiger partial charge >= 0.3 is 0 Å². The summed E-state index contributed by atoms with van der Waals surface area (Å²) >= 11 is 5.84. The van der Waals surface area contributed by atoms with E-state index in [1.807, 2.05) is 10.6 Å². The standard InChI is InChI=1S/C14H14ClN3O2S/c15-6-4-13-17-14-10(8-16)2-1-3-12(14)18(13)11-5-7-21(19,20)9-11/h1-3,11H,4-7,9H2. The largest absolute Gasteiger partial charge is 0.324 e. The Kier molecular flexibility index (Phi) is 3.64. The molecule has 1 unspecified atom stereocenters. The molecule has 21 heavy (non-hydrogen) atoms. The van der Waals surface area contributed by atoms with Crippen LogP contribution in [0.4, 0.5) is 0 Å². The van der Waals surface area contributed by atoms with Crippen LogP contribution in [-0.2, 0) is 16.3 Å². The summed E-state index contributed by atoms with van der Waals surface area (Å²) in [6.45, 7) is 0. The first-order valence-corrected chi connectivity index (χ1v) is 9.07. The fraction of sp³-hybridized carbons (Fsp3) is 0.429. The highest BCUT2D eigenvalue weighted by Crippen LogP contribution is 2.30. The van der Waals surface area contributed by atoms with Crippen LogP contribution in [0.2, 0.25) is 0 Å². The lowest BCUT2D eigenvalue weighted by Crippen LogP contribution is -2.14. The van der Waals surface area contributed by atoms with E-state index in [0.717, 1.165) is 11.3 Å². The first kappa shape index (κ1) is 14.4. The Morgan fingerprint density at radius 2 is 2.29 bits per heavy atom. The van der Waals surface area contributed by atoms with Crippen molar-refractivity contribution >= 4 is 32.5 Å². The van der Waals surface area contributed by atoms with Gasteiger partial charge in [0, 0.05) is 12.3 Å². The zero-order valence-corrected chi connectivity index (χ0v) is 12.9. The molecule has 3 rings (SSSR count). The minimum absolute atomic E-state index is 0.118. The van der Waals surface area contributed by atoms with E-state index in [-0.39, 0.29) is 17.5 Å². The lowest BCUT2D eigenvalue weighted by molar-refractivity contribution is 0.548. The van der Waals surface area contributed by atoms with Crippen LogP contribution in [0, 0.1) is 11.3 Å². The molecule has 5 nitrogen and oxygen atoms in total. The maximum absolute atomic E-state index is 11.8. The highest BCUT2D eigenvalue weighted by Gasteiger charge is 2.31. The third-order valence-corrected chi connectivity index (χ3v) is 5.74. The summed E-state index contributed by atoms with van der Waals surface area (Å²) < 4.78 is 25.5. The van der Waals surface area contributed by atoms with Crippen molar-refractivity contribution < 1.29 is 8.42 Å². The molecular weight excluding hydrogens is 310 g/mol. The second-order valence-electron chi connectivity index (χ2n) is 5.18. The molecule has 1 fully saturated rings. The van der Waals surface area contributed by atoms with Crippen LogP contribution in [0.1, 0.15) is 23.9 Å². The number of alkyl halides is 1. The molecule has 0 N–H and O–H groups in total. The van der Waals surface area contributed by atoms with E-state index >= 15 is 0 Å². The molecule has 1 aliphatic heterocycles. The Morgan fingerprint density at radius 1 is 1.48 bits per heavy atom. The molecule has 0 spiro atoms. The Labute approximate surface area is 128 Å². The number of hydrogen-bond acceptors (Lipinski definition) is 4. The lowest BCUT2D eigenvalue weighted by Gasteiger charge is -2.14. The van der Waals surface area contributed by atoms with E-state index in [2.05, 4.69) is 11.1 Å². The van der Waals surface area contributed by atoms with Gasteiger partial charge in [0.1, 0.15) is 17.4 Å². The highest BCUT2D eigenvalue weighted by atomic mass is 35.5. The maximum atomic E-state index is 11.8. The van der Waals surface area contributed by atoms with Crippen molar-refractivity contribution in [3.63, 3.8) is 0 Å². The van der Waals surface area contributed by atoms with E-state index in [1.54, 1.807) is 12.1 Å². The molecule has 2 aromatic rings. The molecule has 2 heterocycles. The van der Waals surface area contributed by atoms with Crippen LogP contribution >= 0.6 is 11.6 Å². The molecule has 0 aliphatic carbocycles. The fourth-order valence-electron chi connectivity index (χ4n) is 2.90. The summed E-state index contributed by atoms with van der Waals surface area (Å²) in [6, 6.07) is 7.41. The second kappa shape index (κ2) is 5.32. The monoisotopic (exact) mass is 323 g/mol. The van der Waals surface area contributed by atoms with Gasteiger partial charge in [-0.3, -0.25) is 0 Å². The molecule has 1 atom stereocenters. The van der Waals surface area contributed by atoms with Crippen LogP contribution in [0.5, 0.6) is 0 Å². The number of sulfone groups is 1. The first-order valence-electron chi connectivity index (χ1n) is 6.72. The van der Waals surface area contributed by atoms with E-state index in [1.165, 1.54) is 0 Å². The number of nitriles is 1. The predicted molar refractivity (Wildman–Crippen MR) is 81.2 cm³/mol. The van der Waals surface area contributed by atoms with Gasteiger partial charge in [-0.05, 0) is 18.6 Å². The Bertz CT molecular complexity index is 836. The Balaban J connectivity index is 2.20. The normalized spacial score (nSPS) is 20.7. The predicted octanol–water partition coefficient (Wildman–Crippen LogP) is 2.05. The van der Waals surface area contributed by atoms with E-state index in [0.29, 0.717) is 29.8 Å². The highest BCUT2D eigenvalue weighted by molar-refractivity contribution is 7.91. The van der Waals surface area contributed by atoms with Crippen molar-refractivity contribution in [2.45, 2.75) is 18.9 Å². The summed E-state index contributed by atoms with van der Waals surface area (Å²) in [4.78, 5) is 4.53. The number of fused-ring (bicyclic) bond motifs is 1. The van der Waals surface area contributed by atoms with E-state index in [9.17, 15) is 13.7 Å². The lowest BCUT2D eigenvalue weighted by atomic mass is 10.2. The summed E-state index contributed by atoms with van der Waals surface area (Å²) in [7, 11) is -2.98. The van der Waals surface area contributed by atoms with Crippen molar-refractivity contribution in [3.05, 3.63) is 29.6 Å². The van der Waals surface area contributed by atoms with Gasteiger partial charge in [0.15, 0.2) is 9.84 Å². The minimum atomic E-state index is -2.98. The Hall–Kier alpha value is -1.58. The number of aromatic nitrogens is 2. The fourth-order valence-corrected chi connectivity index (χ4v) is 4.77. The van der Waals surface area contributed by atoms with Gasteiger partial charge in [-0.25, -0.2) is 13.4 Å². The molecule has 7 heteroatoms. The van der Waals surface area contributed by atoms with Crippen LogP contribution in [-0.4, -0.2) is 35.4 Å². The first-order chi connectivity index (χ1) is 10.1. The number of aryl methyl sites for hydroxylation is 1. The number of para-hydroxylation sites is 1. The van der Waals surface area contributed by atoms with Gasteiger partial charge in [-0.2, -0.15) is 5.26 Å². The number of halogens is 1. The SMILES string of the molecule is N#Cc1cccc2c1nc(CCCl)n2C1CCS(=O)(=O)C1. The number of rotatable bonds is 3. The third kappa shape index (κ3) is 2.52. The smallest absolute Gasteiger partial charge is 0.152 e. The van der Waals surface area contributed by atoms with Crippen LogP contribution < -0.4 is 0 Å². The molecular formula is C14H14ClN3O2S. The number of hydrogen-bond donors (Lipinski definition) is 0. The number of nitrogens with zero attached hydrogens (tertiary/aromatic N) is 3. The number of benzene rings is 1. The molecule has 0 bridgehead atoms. The topological polar surface area (TPSA) is 75.8 Å². The Morgan fingerprint density at radius 3 is 2.90 bits per heavy atom. The molecule has 1 aromatic carbocycles. The van der Waals surface area contributed by atoms with Crippen molar-refractivity contribution in [3.8, 4) is 6.07 Å². The minimum Gasteiger partial charge on any atom is -0.324 e. The molecule has 110 valence electrons. The van der Waals surface area contributed by atoms with Gasteiger partial charge in [-0.15, -0.1) is 11.6 Å². The third-order valence-electron chi connectivity index (χ3n) is 3.81. The van der Waals surface area contributed by atoms with Crippen molar-refractivity contribution in [2.24, 2.45) is 0 Å². The van der Waals surface area contributed by atoms with Gasteiger partial charge in [0.05, 0.1) is 28.6 Å². The molecule has 1 aliphatic rings. The second-order valence-corrected chi connectivity index (χ2v) is 7.79. The zero-order chi connectivity index (χ0) is 15.0. The summed E-state index contributed by atoms with van der Waals surface area (Å²) in [6.07, 6.45) is 1.14. The van der Waals surface area contributed by atoms with Crippen LogP contribution in [0.3, 0.4) is 0 Å². The van der Waals surface area contributed by atoms with Gasteiger partial charge < -0.3 is 4.57 Å². The summed E-state index contributed by atoms with van der Waals surface area (Å²) in [5, 5.41) is 9.19. The van der Waals surface area contributed by atoms with Gasteiger partial charge in [0.25, 0.3) is 0 Å². The average molecular weight is 324 g/mol. The molecule has 1 aromatic heterocycles. The van der Waals surface area contributed by atoms with Gasteiger partial charge in [-0.1, -0.05) is 6.07 Å². The van der Waals surface area contributed by atoms with Crippen molar-refractivity contribution in [1.82, 2.24) is 9.55 Å². The molecule has 0 radical (unpaired) electrons. The summed E-state index contributed by atoms with van der Waals surface area (Å²) in [5.74, 6) is 1.50. The van der Waals surface area contributed by atoms with Crippen molar-refractivity contribution in [1.29, 1.82) is 5.26 Å². The molecule has 0 amide bonds.